The van der Waals surface area contributed by atoms with Crippen molar-refractivity contribution >= 4 is 11.8 Å². The lowest BCUT2D eigenvalue weighted by atomic mass is 10.1. The number of rotatable bonds is 6. The van der Waals surface area contributed by atoms with E-state index in [0.717, 1.165) is 5.56 Å². The monoisotopic (exact) mass is 235 g/mol. The SMILES string of the molecule is CNC(=O)CCNCc1cccc(C(N)=O)c1. The molecule has 0 aliphatic carbocycles. The van der Waals surface area contributed by atoms with Crippen molar-refractivity contribution in [1.29, 1.82) is 0 Å². The van der Waals surface area contributed by atoms with Gasteiger partial charge in [-0.3, -0.25) is 9.59 Å². The third kappa shape index (κ3) is 4.65. The van der Waals surface area contributed by atoms with Crippen LogP contribution in [0.1, 0.15) is 22.3 Å². The van der Waals surface area contributed by atoms with Crippen LogP contribution in [0, 0.1) is 0 Å². The van der Waals surface area contributed by atoms with Gasteiger partial charge in [0.05, 0.1) is 0 Å². The Morgan fingerprint density at radius 1 is 1.35 bits per heavy atom. The van der Waals surface area contributed by atoms with Gasteiger partial charge in [0.25, 0.3) is 0 Å². The lowest BCUT2D eigenvalue weighted by Crippen LogP contribution is -2.24. The fraction of sp³-hybridized carbons (Fsp3) is 0.333. The van der Waals surface area contributed by atoms with E-state index in [1.165, 1.54) is 0 Å². The molecule has 4 N–H and O–H groups in total. The molecule has 17 heavy (non-hydrogen) atoms. The minimum Gasteiger partial charge on any atom is -0.366 e. The van der Waals surface area contributed by atoms with Crippen molar-refractivity contribution in [3.05, 3.63) is 35.4 Å². The van der Waals surface area contributed by atoms with Crippen LogP contribution in [0.15, 0.2) is 24.3 Å². The molecule has 2 amide bonds. The van der Waals surface area contributed by atoms with Crippen LogP contribution in [0.3, 0.4) is 0 Å². The average molecular weight is 235 g/mol. The zero-order valence-electron chi connectivity index (χ0n) is 9.82. The van der Waals surface area contributed by atoms with Gasteiger partial charge in [-0.1, -0.05) is 12.1 Å². The quantitative estimate of drug-likeness (QED) is 0.607. The maximum Gasteiger partial charge on any atom is 0.248 e. The molecule has 0 fully saturated rings. The molecule has 0 saturated carbocycles. The lowest BCUT2D eigenvalue weighted by Gasteiger charge is -2.05. The predicted molar refractivity (Wildman–Crippen MR) is 65.4 cm³/mol. The van der Waals surface area contributed by atoms with Crippen molar-refractivity contribution in [1.82, 2.24) is 10.6 Å². The summed E-state index contributed by atoms with van der Waals surface area (Å²) < 4.78 is 0. The number of hydrogen-bond acceptors (Lipinski definition) is 3. The molecular formula is C12H17N3O2. The molecule has 0 saturated heterocycles. The number of nitrogens with one attached hydrogen (secondary N) is 2. The highest BCUT2D eigenvalue weighted by Crippen LogP contribution is 2.04. The van der Waals surface area contributed by atoms with Gasteiger partial charge in [-0.2, -0.15) is 0 Å². The number of benzene rings is 1. The van der Waals surface area contributed by atoms with Crippen LogP contribution in [0.5, 0.6) is 0 Å². The van der Waals surface area contributed by atoms with E-state index in [1.54, 1.807) is 25.2 Å². The number of hydrogen-bond donors (Lipinski definition) is 3. The van der Waals surface area contributed by atoms with Crippen LogP contribution in [-0.4, -0.2) is 25.4 Å². The van der Waals surface area contributed by atoms with E-state index in [1.807, 2.05) is 6.07 Å². The summed E-state index contributed by atoms with van der Waals surface area (Å²) in [4.78, 5) is 21.9. The van der Waals surface area contributed by atoms with Gasteiger partial charge in [-0.15, -0.1) is 0 Å². The van der Waals surface area contributed by atoms with E-state index in [2.05, 4.69) is 10.6 Å². The highest BCUT2D eigenvalue weighted by Gasteiger charge is 2.01. The summed E-state index contributed by atoms with van der Waals surface area (Å²) in [6.45, 7) is 1.21. The van der Waals surface area contributed by atoms with Gasteiger partial charge in [0, 0.05) is 32.1 Å². The average Bonchev–Trinajstić information content (AvgIpc) is 2.34. The first-order valence-electron chi connectivity index (χ1n) is 5.43. The lowest BCUT2D eigenvalue weighted by molar-refractivity contribution is -0.120. The second kappa shape index (κ2) is 6.65. The van der Waals surface area contributed by atoms with Crippen molar-refractivity contribution in [3.63, 3.8) is 0 Å². The van der Waals surface area contributed by atoms with Gasteiger partial charge < -0.3 is 16.4 Å². The Morgan fingerprint density at radius 2 is 2.12 bits per heavy atom. The standard InChI is InChI=1S/C12H17N3O2/c1-14-11(16)5-6-15-8-9-3-2-4-10(7-9)12(13)17/h2-4,7,15H,5-6,8H2,1H3,(H2,13,17)(H,14,16). The van der Waals surface area contributed by atoms with Crippen LogP contribution >= 0.6 is 0 Å². The molecule has 0 atom stereocenters. The number of nitrogens with two attached hydrogens (primary N) is 1. The molecule has 0 spiro atoms. The Balaban J connectivity index is 2.39. The van der Waals surface area contributed by atoms with Gasteiger partial charge in [-0.05, 0) is 17.7 Å². The molecule has 1 rings (SSSR count). The third-order valence-corrected chi connectivity index (χ3v) is 2.35. The maximum atomic E-state index is 11.0. The summed E-state index contributed by atoms with van der Waals surface area (Å²) in [7, 11) is 1.61. The summed E-state index contributed by atoms with van der Waals surface area (Å²) in [6, 6.07) is 7.11. The van der Waals surface area contributed by atoms with Gasteiger partial charge in [0.2, 0.25) is 11.8 Å². The zero-order chi connectivity index (χ0) is 12.7. The van der Waals surface area contributed by atoms with Crippen molar-refractivity contribution in [3.8, 4) is 0 Å². The van der Waals surface area contributed by atoms with Gasteiger partial charge >= 0.3 is 0 Å². The second-order valence-electron chi connectivity index (χ2n) is 3.66. The van der Waals surface area contributed by atoms with E-state index in [-0.39, 0.29) is 5.91 Å². The van der Waals surface area contributed by atoms with Gasteiger partial charge in [0.1, 0.15) is 0 Å². The summed E-state index contributed by atoms with van der Waals surface area (Å²) >= 11 is 0. The number of carbonyl (C=O) groups excluding carboxylic acids is 2. The fourth-order valence-electron chi connectivity index (χ4n) is 1.39. The molecule has 5 heteroatoms. The molecule has 1 aromatic carbocycles. The van der Waals surface area contributed by atoms with Crippen molar-refractivity contribution < 1.29 is 9.59 Å². The molecule has 0 unspecified atom stereocenters. The normalized spacial score (nSPS) is 9.94. The first-order valence-corrected chi connectivity index (χ1v) is 5.43. The zero-order valence-corrected chi connectivity index (χ0v) is 9.82. The molecule has 0 bridgehead atoms. The molecular weight excluding hydrogens is 218 g/mol. The van der Waals surface area contributed by atoms with Gasteiger partial charge in [0.15, 0.2) is 0 Å². The second-order valence-corrected chi connectivity index (χ2v) is 3.66. The molecule has 0 aliphatic heterocycles. The van der Waals surface area contributed by atoms with Crippen molar-refractivity contribution in [2.45, 2.75) is 13.0 Å². The van der Waals surface area contributed by atoms with Crippen LogP contribution in [0.2, 0.25) is 0 Å². The summed E-state index contributed by atoms with van der Waals surface area (Å²) in [5, 5.41) is 5.67. The third-order valence-electron chi connectivity index (χ3n) is 2.35. The molecule has 0 heterocycles. The largest absolute Gasteiger partial charge is 0.366 e. The molecule has 0 radical (unpaired) electrons. The number of amides is 2. The first kappa shape index (κ1) is 13.2. The van der Waals surface area contributed by atoms with Crippen LogP contribution in [0.4, 0.5) is 0 Å². The van der Waals surface area contributed by atoms with E-state index < -0.39 is 5.91 Å². The fourth-order valence-corrected chi connectivity index (χ4v) is 1.39. The highest BCUT2D eigenvalue weighted by molar-refractivity contribution is 5.92. The smallest absolute Gasteiger partial charge is 0.248 e. The number of primary amides is 1. The maximum absolute atomic E-state index is 11.0. The minimum atomic E-state index is -0.433. The van der Waals surface area contributed by atoms with E-state index in [9.17, 15) is 9.59 Å². The number of carbonyl (C=O) groups is 2. The van der Waals surface area contributed by atoms with Crippen LogP contribution in [-0.2, 0) is 11.3 Å². The van der Waals surface area contributed by atoms with Crippen molar-refractivity contribution in [2.75, 3.05) is 13.6 Å². The summed E-state index contributed by atoms with van der Waals surface area (Å²) in [5.74, 6) is -0.430. The van der Waals surface area contributed by atoms with Crippen LogP contribution in [0.25, 0.3) is 0 Å². The van der Waals surface area contributed by atoms with Crippen LogP contribution < -0.4 is 16.4 Å². The Bertz CT molecular complexity index is 404. The Morgan fingerprint density at radius 3 is 2.76 bits per heavy atom. The molecule has 0 aromatic heterocycles. The topological polar surface area (TPSA) is 84.2 Å². The molecule has 0 aliphatic rings. The van der Waals surface area contributed by atoms with Crippen molar-refractivity contribution in [2.24, 2.45) is 5.73 Å². The predicted octanol–water partition coefficient (Wildman–Crippen LogP) is 0.0112. The Hall–Kier alpha value is -1.88. The summed E-state index contributed by atoms with van der Waals surface area (Å²) in [5.41, 5.74) is 6.65. The Kier molecular flexibility index (Phi) is 5.16. The summed E-state index contributed by atoms with van der Waals surface area (Å²) in [6.07, 6.45) is 0.437. The molecule has 92 valence electrons. The van der Waals surface area contributed by atoms with Gasteiger partial charge in [-0.25, -0.2) is 0 Å². The van der Waals surface area contributed by atoms with E-state index >= 15 is 0 Å². The molecule has 1 aromatic rings. The van der Waals surface area contributed by atoms with E-state index in [4.69, 9.17) is 5.73 Å². The minimum absolute atomic E-state index is 0.00314. The Labute approximate surface area is 100 Å². The van der Waals surface area contributed by atoms with E-state index in [0.29, 0.717) is 25.1 Å². The first-order chi connectivity index (χ1) is 8.13. The molecule has 5 nitrogen and oxygen atoms in total. The highest BCUT2D eigenvalue weighted by atomic mass is 16.1.